The molecule has 0 unspecified atom stereocenters. The molecule has 180 valence electrons. The molecule has 2 saturated heterocycles. The van der Waals surface area contributed by atoms with Gasteiger partial charge in [0.1, 0.15) is 11.5 Å². The van der Waals surface area contributed by atoms with Gasteiger partial charge in [0.2, 0.25) is 20.0 Å². The van der Waals surface area contributed by atoms with Crippen molar-refractivity contribution in [3.63, 3.8) is 0 Å². The monoisotopic (exact) mass is 542 g/mol. The Bertz CT molecular complexity index is 1050. The first-order chi connectivity index (χ1) is 12.7. The van der Waals surface area contributed by atoms with Crippen LogP contribution in [0.15, 0.2) is 0 Å². The molecular weight excluding hydrogens is 532 g/mol. The third-order valence-corrected chi connectivity index (χ3v) is 12.5. The average molecular weight is 542 g/mol. The lowest BCUT2D eigenvalue weighted by Gasteiger charge is -2.34. The summed E-state index contributed by atoms with van der Waals surface area (Å²) < 4.78 is 186. The molecule has 0 spiro atoms. The fourth-order valence-electron chi connectivity index (χ4n) is 1.81. The van der Waals surface area contributed by atoms with Gasteiger partial charge in [-0.25, -0.2) is 33.7 Å². The van der Waals surface area contributed by atoms with Crippen LogP contribution in [0, 0.1) is 0 Å². The van der Waals surface area contributed by atoms with Gasteiger partial charge in [-0.05, 0) is 0 Å². The lowest BCUT2D eigenvalue weighted by atomic mass is 10.4. The third-order valence-electron chi connectivity index (χ3n) is 3.69. The Kier molecular flexibility index (Phi) is 6.19. The third kappa shape index (κ3) is 3.67. The highest BCUT2D eigenvalue weighted by atomic mass is 32.3. The van der Waals surface area contributed by atoms with Crippen molar-refractivity contribution < 1.29 is 68.8 Å². The van der Waals surface area contributed by atoms with E-state index >= 15 is 0 Å². The quantitative estimate of drug-likeness (QED) is 0.378. The maximum absolute atomic E-state index is 12.7. The SMILES string of the molecule is CN1S(=O)(=O)CC(F)(F)C(F)(F)S1(=O)=O.CN1S(=O)(=O)CC(F)(F)C(F)(F)S1(=O)=O. The van der Waals surface area contributed by atoms with Gasteiger partial charge in [0.15, 0.2) is 0 Å². The van der Waals surface area contributed by atoms with E-state index in [0.29, 0.717) is 0 Å². The Morgan fingerprint density at radius 2 is 0.733 bits per heavy atom. The van der Waals surface area contributed by atoms with E-state index in [4.69, 9.17) is 0 Å². The van der Waals surface area contributed by atoms with Crippen LogP contribution < -0.4 is 0 Å². The smallest absolute Gasteiger partial charge is 0.211 e. The minimum absolute atomic E-state index is 0.286. The molecule has 2 aliphatic rings. The lowest BCUT2D eigenvalue weighted by Crippen LogP contribution is -2.62. The van der Waals surface area contributed by atoms with Gasteiger partial charge in [0.05, 0.1) is 0 Å². The Labute approximate surface area is 164 Å². The fraction of sp³-hybridized carbons (Fsp3) is 1.00. The Balaban J connectivity index is 0.000000300. The van der Waals surface area contributed by atoms with Crippen LogP contribution in [0.1, 0.15) is 0 Å². The molecule has 10 nitrogen and oxygen atoms in total. The van der Waals surface area contributed by atoms with E-state index in [0.717, 1.165) is 0 Å². The summed E-state index contributed by atoms with van der Waals surface area (Å²) in [5.74, 6) is -14.7. The van der Waals surface area contributed by atoms with E-state index in [1.54, 1.807) is 0 Å². The molecule has 0 N–H and O–H groups in total. The maximum Gasteiger partial charge on any atom is 0.422 e. The summed E-state index contributed by atoms with van der Waals surface area (Å²) in [6.45, 7) is 0. The Morgan fingerprint density at radius 1 is 0.533 bits per heavy atom. The van der Waals surface area contributed by atoms with Crippen LogP contribution in [0.2, 0.25) is 0 Å². The molecule has 0 aliphatic carbocycles. The standard InChI is InChI=1S/2C4H5F4NO4S2/c2*1-9-14(10,11)2-3(5,6)4(7,8)15(9,12)13/h2*2H2,1H3. The molecule has 0 aromatic heterocycles. The summed E-state index contributed by atoms with van der Waals surface area (Å²) in [5, 5.41) is -10.8. The van der Waals surface area contributed by atoms with Crippen LogP contribution in [0.4, 0.5) is 35.1 Å². The zero-order chi connectivity index (χ0) is 24.6. The van der Waals surface area contributed by atoms with E-state index in [9.17, 15) is 68.8 Å². The summed E-state index contributed by atoms with van der Waals surface area (Å²) in [7, 11) is -21.1. The van der Waals surface area contributed by atoms with Crippen molar-refractivity contribution >= 4 is 40.1 Å². The van der Waals surface area contributed by atoms with Crippen LogP contribution in [0.3, 0.4) is 0 Å². The van der Waals surface area contributed by atoms with Crippen molar-refractivity contribution in [3.8, 4) is 0 Å². The number of hydrogen-bond acceptors (Lipinski definition) is 8. The molecule has 22 heteroatoms. The van der Waals surface area contributed by atoms with Crippen molar-refractivity contribution in [1.29, 1.82) is 0 Å². The van der Waals surface area contributed by atoms with Gasteiger partial charge in [0.25, 0.3) is 20.0 Å². The van der Waals surface area contributed by atoms with Crippen molar-refractivity contribution in [1.82, 2.24) is 7.42 Å². The highest BCUT2D eigenvalue weighted by molar-refractivity contribution is 8.05. The Morgan fingerprint density at radius 3 is 0.933 bits per heavy atom. The molecule has 0 radical (unpaired) electrons. The fourth-order valence-corrected chi connectivity index (χ4v) is 8.45. The number of nitrogens with zero attached hydrogens (tertiary/aromatic N) is 2. The van der Waals surface area contributed by atoms with Crippen LogP contribution >= 0.6 is 0 Å². The first-order valence-electron chi connectivity index (χ1n) is 6.66. The summed E-state index contributed by atoms with van der Waals surface area (Å²) in [5.41, 5.74) is 0. The van der Waals surface area contributed by atoms with Gasteiger partial charge < -0.3 is 0 Å². The first kappa shape index (κ1) is 27.2. The molecule has 0 saturated carbocycles. The van der Waals surface area contributed by atoms with Crippen LogP contribution in [-0.2, 0) is 40.1 Å². The molecule has 0 aromatic carbocycles. The summed E-state index contributed by atoms with van der Waals surface area (Å²) in [6.07, 6.45) is 0. The molecule has 30 heavy (non-hydrogen) atoms. The molecule has 0 aromatic rings. The second-order valence-corrected chi connectivity index (χ2v) is 14.2. The highest BCUT2D eigenvalue weighted by Gasteiger charge is 2.74. The number of hydrogen-bond donors (Lipinski definition) is 0. The zero-order valence-electron chi connectivity index (χ0n) is 14.2. The van der Waals surface area contributed by atoms with E-state index in [-0.39, 0.29) is 14.1 Å². The van der Waals surface area contributed by atoms with Crippen LogP contribution in [0.25, 0.3) is 0 Å². The van der Waals surface area contributed by atoms with Crippen LogP contribution in [-0.4, -0.2) is 89.0 Å². The average Bonchev–Trinajstić information content (AvgIpc) is 2.49. The van der Waals surface area contributed by atoms with Gasteiger partial charge >= 0.3 is 22.4 Å². The second kappa shape index (κ2) is 6.83. The van der Waals surface area contributed by atoms with Crippen molar-refractivity contribution in [2.45, 2.75) is 22.4 Å². The van der Waals surface area contributed by atoms with Gasteiger partial charge in [-0.2, -0.15) is 35.1 Å². The van der Waals surface area contributed by atoms with E-state index in [2.05, 4.69) is 0 Å². The number of rotatable bonds is 0. The number of alkyl halides is 8. The predicted octanol–water partition coefficient (Wildman–Crippen LogP) is -0.361. The highest BCUT2D eigenvalue weighted by Crippen LogP contribution is 2.46. The van der Waals surface area contributed by atoms with Crippen molar-refractivity contribution in [2.75, 3.05) is 25.6 Å². The van der Waals surface area contributed by atoms with E-state index < -0.39 is 81.4 Å². The summed E-state index contributed by atoms with van der Waals surface area (Å²) in [4.78, 5) is 0. The normalized spacial score (nSPS) is 32.3. The first-order valence-corrected chi connectivity index (χ1v) is 12.8. The van der Waals surface area contributed by atoms with Crippen molar-refractivity contribution in [3.05, 3.63) is 0 Å². The molecule has 2 rings (SSSR count). The molecule has 0 atom stereocenters. The Hall–Kier alpha value is -0.840. The van der Waals surface area contributed by atoms with Crippen molar-refractivity contribution in [2.24, 2.45) is 0 Å². The predicted molar refractivity (Wildman–Crippen MR) is 80.7 cm³/mol. The topological polar surface area (TPSA) is 143 Å². The molecule has 2 aliphatic heterocycles. The van der Waals surface area contributed by atoms with Gasteiger partial charge in [-0.15, -0.1) is 0 Å². The molecule has 0 bridgehead atoms. The maximum atomic E-state index is 12.7. The minimum atomic E-state index is -5.89. The number of sulfonamides is 4. The summed E-state index contributed by atoms with van der Waals surface area (Å²) >= 11 is 0. The molecule has 2 heterocycles. The van der Waals surface area contributed by atoms with E-state index in [1.165, 1.54) is 0 Å². The van der Waals surface area contributed by atoms with Gasteiger partial charge in [0, 0.05) is 14.1 Å². The number of halogens is 8. The van der Waals surface area contributed by atoms with E-state index in [1.807, 2.05) is 0 Å². The van der Waals surface area contributed by atoms with Gasteiger partial charge in [-0.1, -0.05) is 7.42 Å². The largest absolute Gasteiger partial charge is 0.422 e. The zero-order valence-corrected chi connectivity index (χ0v) is 17.5. The second-order valence-electron chi connectivity index (χ2n) is 5.72. The molecular formula is C8H10F8N2O8S4. The lowest BCUT2D eigenvalue weighted by molar-refractivity contribution is -0.145. The minimum Gasteiger partial charge on any atom is -0.211 e. The van der Waals surface area contributed by atoms with Gasteiger partial charge in [-0.3, -0.25) is 0 Å². The summed E-state index contributed by atoms with van der Waals surface area (Å²) in [6, 6.07) is 0. The van der Waals surface area contributed by atoms with Crippen LogP contribution in [0.5, 0.6) is 0 Å². The molecule has 0 amide bonds. The molecule has 2 fully saturated rings.